The minimum Gasteiger partial charge on any atom is -0.155 e. The molecule has 0 aliphatic heterocycles. The van der Waals surface area contributed by atoms with Crippen molar-refractivity contribution in [3.63, 3.8) is 0 Å². The standard InChI is InChI=1S/BrCl4HSi2/c1-6(2)7(3,4)5/h6H. The van der Waals surface area contributed by atoms with Gasteiger partial charge in [-0.05, 0) is 0 Å². The summed E-state index contributed by atoms with van der Waals surface area (Å²) in [7, 11) is 0. The van der Waals surface area contributed by atoms with Gasteiger partial charge in [0.15, 0.2) is 0 Å². The molecule has 0 heterocycles. The Balaban J connectivity index is 3.54. The zero-order chi connectivity index (χ0) is 6.08. The minimum absolute atomic E-state index is 1.64. The van der Waals surface area contributed by atoms with Crippen LogP contribution in [0.3, 0.4) is 0 Å². The maximum Gasteiger partial charge on any atom is 0.350 e. The van der Waals surface area contributed by atoms with E-state index < -0.39 is 11.8 Å². The largest absolute Gasteiger partial charge is 0.350 e. The predicted octanol–water partition coefficient (Wildman–Crippen LogP) is 2.57. The first-order valence-corrected chi connectivity index (χ1v) is 13.1. The molecule has 1 unspecified atom stereocenters. The van der Waals surface area contributed by atoms with Crippen molar-refractivity contribution in [1.29, 1.82) is 0 Å². The summed E-state index contributed by atoms with van der Waals surface area (Å²) in [5, 5.41) is 0. The van der Waals surface area contributed by atoms with Crippen LogP contribution in [0.25, 0.3) is 0 Å². The highest BCUT2D eigenvalue weighted by Gasteiger charge is 2.35. The van der Waals surface area contributed by atoms with Crippen LogP contribution < -0.4 is 0 Å². The Labute approximate surface area is 70.9 Å². The maximum atomic E-state index is 5.48. The van der Waals surface area contributed by atoms with Crippen LogP contribution in [-0.4, -0.2) is 11.8 Å². The highest BCUT2D eigenvalue weighted by atomic mass is 79.9. The molecular formula is HBrCl4Si2. The normalized spacial score (nSPS) is 16.7. The molecule has 0 spiro atoms. The summed E-state index contributed by atoms with van der Waals surface area (Å²) >= 11 is 24.8. The highest BCUT2D eigenvalue weighted by Crippen LogP contribution is 2.28. The second-order valence-corrected chi connectivity index (χ2v) is 26.5. The second-order valence-electron chi connectivity index (χ2n) is 0.842. The summed E-state index contributed by atoms with van der Waals surface area (Å²) in [5.41, 5.74) is -2.50. The van der Waals surface area contributed by atoms with Crippen molar-refractivity contribution in [3.05, 3.63) is 0 Å². The Morgan fingerprint density at radius 2 is 1.43 bits per heavy atom. The van der Waals surface area contributed by atoms with E-state index in [4.69, 9.17) is 44.3 Å². The molecule has 0 aromatic heterocycles. The van der Waals surface area contributed by atoms with Gasteiger partial charge in [0.2, 0.25) is 0 Å². The Bertz CT molecular complexity index is 55.2. The number of hydrogen-bond donors (Lipinski definition) is 0. The third-order valence-corrected chi connectivity index (χ3v) is 27.4. The summed E-state index contributed by atoms with van der Waals surface area (Å²) < 4.78 is 0. The molecule has 0 aromatic rings. The molecule has 1 atom stereocenters. The van der Waals surface area contributed by atoms with Gasteiger partial charge in [-0.1, -0.05) is 0 Å². The quantitative estimate of drug-likeness (QED) is 0.511. The fraction of sp³-hybridized carbons (Fsp3) is 0. The average Bonchev–Trinajstić information content (AvgIpc) is 1.31. The number of rotatable bonds is 1. The van der Waals surface area contributed by atoms with Crippen molar-refractivity contribution in [2.45, 2.75) is 0 Å². The summed E-state index contributed by atoms with van der Waals surface area (Å²) in [6.07, 6.45) is -1.64. The summed E-state index contributed by atoms with van der Waals surface area (Å²) in [6.45, 7) is 0. The molecule has 0 bridgehead atoms. The average molecular weight is 279 g/mol. The molecule has 7 heavy (non-hydrogen) atoms. The van der Waals surface area contributed by atoms with Gasteiger partial charge in [0.25, 0.3) is 6.24 Å². The van der Waals surface area contributed by atoms with E-state index in [0.717, 1.165) is 0 Å². The number of halogens is 5. The lowest BCUT2D eigenvalue weighted by Crippen LogP contribution is -2.24. The van der Waals surface area contributed by atoms with E-state index in [1.807, 2.05) is 0 Å². The van der Waals surface area contributed by atoms with Gasteiger partial charge in [-0.25, -0.2) is 0 Å². The highest BCUT2D eigenvalue weighted by molar-refractivity contribution is 9.28. The molecule has 0 saturated carbocycles. The fourth-order valence-electron chi connectivity index (χ4n) is 0. The molecule has 0 N–H and O–H groups in total. The zero-order valence-corrected chi connectivity index (χ0v) is 9.73. The summed E-state index contributed by atoms with van der Waals surface area (Å²) in [6, 6.07) is 0. The topological polar surface area (TPSA) is 0 Å². The molecule has 0 aromatic carbocycles. The monoisotopic (exact) mass is 276 g/mol. The van der Waals surface area contributed by atoms with Gasteiger partial charge < -0.3 is 0 Å². The first-order chi connectivity index (χ1) is 2.94. The van der Waals surface area contributed by atoms with Gasteiger partial charge in [0.05, 0.1) is 0 Å². The molecule has 0 amide bonds. The lowest BCUT2D eigenvalue weighted by atomic mass is 26.8. The predicted molar refractivity (Wildman–Crippen MR) is 45.2 cm³/mol. The summed E-state index contributed by atoms with van der Waals surface area (Å²) in [4.78, 5) is 0. The SMILES string of the molecule is Cl[SiH](Br)[Si](Cl)(Cl)Cl. The van der Waals surface area contributed by atoms with Crippen LogP contribution in [-0.2, 0) is 0 Å². The van der Waals surface area contributed by atoms with Gasteiger partial charge >= 0.3 is 5.52 Å². The van der Waals surface area contributed by atoms with Gasteiger partial charge in [0, 0.05) is 0 Å². The first kappa shape index (κ1) is 9.07. The third-order valence-electron chi connectivity index (χ3n) is 0.247. The minimum atomic E-state index is -2.50. The molecule has 0 saturated heterocycles. The van der Waals surface area contributed by atoms with Gasteiger partial charge in [-0.3, -0.25) is 0 Å². The molecule has 0 nitrogen and oxygen atoms in total. The first-order valence-electron chi connectivity index (χ1n) is 1.29. The smallest absolute Gasteiger partial charge is 0.155 e. The van der Waals surface area contributed by atoms with E-state index in [1.54, 1.807) is 0 Å². The van der Waals surface area contributed by atoms with Crippen LogP contribution in [0.4, 0.5) is 0 Å². The van der Waals surface area contributed by atoms with Gasteiger partial charge in [-0.2, -0.15) is 11.1 Å². The van der Waals surface area contributed by atoms with Crippen molar-refractivity contribution in [2.24, 2.45) is 0 Å². The van der Waals surface area contributed by atoms with Crippen LogP contribution in [0.2, 0.25) is 0 Å². The van der Waals surface area contributed by atoms with E-state index in [2.05, 4.69) is 15.3 Å². The lowest BCUT2D eigenvalue weighted by Gasteiger charge is -2.03. The Hall–Kier alpha value is 2.07. The summed E-state index contributed by atoms with van der Waals surface area (Å²) in [5.74, 6) is 0. The third kappa shape index (κ3) is 4.57. The van der Waals surface area contributed by atoms with Crippen molar-refractivity contribution in [2.75, 3.05) is 0 Å². The molecule has 0 radical (unpaired) electrons. The van der Waals surface area contributed by atoms with E-state index in [-0.39, 0.29) is 0 Å². The zero-order valence-electron chi connectivity index (χ0n) is 2.97. The van der Waals surface area contributed by atoms with Crippen LogP contribution >= 0.6 is 59.6 Å². The van der Waals surface area contributed by atoms with E-state index >= 15 is 0 Å². The Kier molecular flexibility index (Phi) is 4.27. The molecular weight excluding hydrogens is 278 g/mol. The van der Waals surface area contributed by atoms with E-state index in [0.29, 0.717) is 0 Å². The van der Waals surface area contributed by atoms with E-state index in [1.165, 1.54) is 0 Å². The van der Waals surface area contributed by atoms with Gasteiger partial charge in [-0.15, -0.1) is 48.5 Å². The molecule has 7 heteroatoms. The Morgan fingerprint density at radius 1 is 1.29 bits per heavy atom. The fourth-order valence-corrected chi connectivity index (χ4v) is 0. The van der Waals surface area contributed by atoms with Crippen molar-refractivity contribution in [3.8, 4) is 0 Å². The number of hydrogen-bond acceptors (Lipinski definition) is 0. The lowest BCUT2D eigenvalue weighted by molar-refractivity contribution is 3.68. The molecule has 0 fully saturated rings. The Morgan fingerprint density at radius 3 is 1.43 bits per heavy atom. The van der Waals surface area contributed by atoms with E-state index in [9.17, 15) is 0 Å². The van der Waals surface area contributed by atoms with Crippen LogP contribution in [0.15, 0.2) is 0 Å². The maximum absolute atomic E-state index is 5.48. The molecule has 0 aliphatic carbocycles. The van der Waals surface area contributed by atoms with Crippen LogP contribution in [0.5, 0.6) is 0 Å². The van der Waals surface area contributed by atoms with Crippen molar-refractivity contribution >= 4 is 71.4 Å². The molecule has 44 valence electrons. The second kappa shape index (κ2) is 3.29. The van der Waals surface area contributed by atoms with Crippen molar-refractivity contribution < 1.29 is 0 Å². The van der Waals surface area contributed by atoms with Gasteiger partial charge in [0.1, 0.15) is 0 Å². The molecule has 0 aliphatic rings. The van der Waals surface area contributed by atoms with Crippen molar-refractivity contribution in [1.82, 2.24) is 0 Å². The molecule has 0 rings (SSSR count). The van der Waals surface area contributed by atoms with Crippen LogP contribution in [0, 0.1) is 0 Å². The van der Waals surface area contributed by atoms with Crippen LogP contribution in [0.1, 0.15) is 0 Å².